The third kappa shape index (κ3) is 4.02. The van der Waals surface area contributed by atoms with Crippen molar-refractivity contribution in [2.75, 3.05) is 50.8 Å². The molecule has 0 aromatic heterocycles. The molecule has 6 nitrogen and oxygen atoms in total. The Morgan fingerprint density at radius 1 is 1.20 bits per heavy atom. The SMILES string of the molecule is CCN(C(=O)C1(C(=O)NCCN2CCOCC2)CC1)c1ccccc1. The summed E-state index contributed by atoms with van der Waals surface area (Å²) in [6.07, 6.45) is 1.27. The third-order valence-electron chi connectivity index (χ3n) is 5.04. The van der Waals surface area contributed by atoms with Gasteiger partial charge in [0.05, 0.1) is 13.2 Å². The van der Waals surface area contributed by atoms with Crippen LogP contribution in [0.3, 0.4) is 0 Å². The molecule has 3 rings (SSSR count). The zero-order chi connectivity index (χ0) is 17.7. The van der Waals surface area contributed by atoms with Gasteiger partial charge in [0.15, 0.2) is 0 Å². The summed E-state index contributed by atoms with van der Waals surface area (Å²) in [5.74, 6) is -0.204. The zero-order valence-corrected chi connectivity index (χ0v) is 14.9. The Labute approximate surface area is 149 Å². The molecular weight excluding hydrogens is 318 g/mol. The number of morpholine rings is 1. The third-order valence-corrected chi connectivity index (χ3v) is 5.04. The molecule has 2 aliphatic rings. The lowest BCUT2D eigenvalue weighted by Crippen LogP contribution is -2.47. The van der Waals surface area contributed by atoms with E-state index in [1.807, 2.05) is 37.3 Å². The number of nitrogens with one attached hydrogen (secondary N) is 1. The van der Waals surface area contributed by atoms with Gasteiger partial charge < -0.3 is 15.0 Å². The summed E-state index contributed by atoms with van der Waals surface area (Å²) in [7, 11) is 0. The lowest BCUT2D eigenvalue weighted by Gasteiger charge is -2.28. The van der Waals surface area contributed by atoms with Gasteiger partial charge in [0, 0.05) is 38.4 Å². The summed E-state index contributed by atoms with van der Waals surface area (Å²) >= 11 is 0. The fourth-order valence-corrected chi connectivity index (χ4v) is 3.29. The van der Waals surface area contributed by atoms with Gasteiger partial charge in [-0.3, -0.25) is 14.5 Å². The van der Waals surface area contributed by atoms with Crippen molar-refractivity contribution < 1.29 is 14.3 Å². The Balaban J connectivity index is 1.56. The van der Waals surface area contributed by atoms with Crippen LogP contribution in [0.25, 0.3) is 0 Å². The maximum Gasteiger partial charge on any atom is 0.242 e. The Kier molecular flexibility index (Phi) is 5.71. The largest absolute Gasteiger partial charge is 0.379 e. The molecule has 136 valence electrons. The van der Waals surface area contributed by atoms with E-state index in [0.717, 1.165) is 38.5 Å². The lowest BCUT2D eigenvalue weighted by atomic mass is 10.0. The molecule has 0 atom stereocenters. The molecule has 0 bridgehead atoms. The molecule has 1 saturated heterocycles. The van der Waals surface area contributed by atoms with Crippen LogP contribution in [0.1, 0.15) is 19.8 Å². The van der Waals surface area contributed by atoms with Gasteiger partial charge in [-0.25, -0.2) is 0 Å². The van der Waals surface area contributed by atoms with Crippen molar-refractivity contribution in [1.29, 1.82) is 0 Å². The van der Waals surface area contributed by atoms with Crippen LogP contribution in [0.5, 0.6) is 0 Å². The van der Waals surface area contributed by atoms with Crippen LogP contribution >= 0.6 is 0 Å². The highest BCUT2D eigenvalue weighted by molar-refractivity contribution is 6.14. The van der Waals surface area contributed by atoms with Gasteiger partial charge in [-0.2, -0.15) is 0 Å². The first-order valence-corrected chi connectivity index (χ1v) is 9.13. The highest BCUT2D eigenvalue weighted by Gasteiger charge is 2.57. The van der Waals surface area contributed by atoms with E-state index in [4.69, 9.17) is 4.74 Å². The van der Waals surface area contributed by atoms with Gasteiger partial charge in [0.1, 0.15) is 5.41 Å². The summed E-state index contributed by atoms with van der Waals surface area (Å²) in [6, 6.07) is 9.56. The van der Waals surface area contributed by atoms with E-state index >= 15 is 0 Å². The molecule has 1 aliphatic carbocycles. The first-order valence-electron chi connectivity index (χ1n) is 9.13. The molecule has 25 heavy (non-hydrogen) atoms. The summed E-state index contributed by atoms with van der Waals surface area (Å²) in [4.78, 5) is 29.7. The van der Waals surface area contributed by atoms with Gasteiger partial charge in [-0.1, -0.05) is 18.2 Å². The minimum atomic E-state index is -0.864. The number of amides is 2. The molecule has 6 heteroatoms. The van der Waals surface area contributed by atoms with E-state index < -0.39 is 5.41 Å². The molecule has 1 saturated carbocycles. The molecule has 1 N–H and O–H groups in total. The topological polar surface area (TPSA) is 61.9 Å². The van der Waals surface area contributed by atoms with Gasteiger partial charge in [0.25, 0.3) is 0 Å². The van der Waals surface area contributed by atoms with E-state index in [-0.39, 0.29) is 11.8 Å². The van der Waals surface area contributed by atoms with Crippen LogP contribution < -0.4 is 10.2 Å². The molecular formula is C19H27N3O3. The average molecular weight is 345 g/mol. The maximum atomic E-state index is 13.0. The summed E-state index contributed by atoms with van der Waals surface area (Å²) < 4.78 is 5.32. The van der Waals surface area contributed by atoms with Gasteiger partial charge >= 0.3 is 0 Å². The van der Waals surface area contributed by atoms with Crippen molar-refractivity contribution in [3.8, 4) is 0 Å². The maximum absolute atomic E-state index is 13.0. The Morgan fingerprint density at radius 3 is 2.48 bits per heavy atom. The smallest absolute Gasteiger partial charge is 0.242 e. The second kappa shape index (κ2) is 7.97. The van der Waals surface area contributed by atoms with Crippen LogP contribution in [-0.4, -0.2) is 62.7 Å². The molecule has 0 unspecified atom stereocenters. The molecule has 0 spiro atoms. The molecule has 2 fully saturated rings. The number of carbonyl (C=O) groups is 2. The van der Waals surface area contributed by atoms with Crippen molar-refractivity contribution in [3.63, 3.8) is 0 Å². The fraction of sp³-hybridized carbons (Fsp3) is 0.579. The number of rotatable bonds is 7. The number of hydrogen-bond donors (Lipinski definition) is 1. The van der Waals surface area contributed by atoms with Crippen molar-refractivity contribution in [2.24, 2.45) is 5.41 Å². The molecule has 1 aromatic carbocycles. The normalized spacial score (nSPS) is 19.2. The lowest BCUT2D eigenvalue weighted by molar-refractivity contribution is -0.135. The summed E-state index contributed by atoms with van der Waals surface area (Å²) in [5.41, 5.74) is -0.0148. The zero-order valence-electron chi connectivity index (χ0n) is 14.9. The quantitative estimate of drug-likeness (QED) is 0.756. The molecule has 1 aliphatic heterocycles. The fourth-order valence-electron chi connectivity index (χ4n) is 3.29. The van der Waals surface area contributed by atoms with E-state index in [1.165, 1.54) is 0 Å². The summed E-state index contributed by atoms with van der Waals surface area (Å²) in [6.45, 7) is 7.18. The van der Waals surface area contributed by atoms with Crippen molar-refractivity contribution >= 4 is 17.5 Å². The van der Waals surface area contributed by atoms with Gasteiger partial charge in [-0.05, 0) is 31.9 Å². The van der Waals surface area contributed by atoms with Crippen molar-refractivity contribution in [1.82, 2.24) is 10.2 Å². The minimum absolute atomic E-state index is 0.0786. The highest BCUT2D eigenvalue weighted by atomic mass is 16.5. The average Bonchev–Trinajstić information content (AvgIpc) is 3.46. The molecule has 2 amide bonds. The monoisotopic (exact) mass is 345 g/mol. The second-order valence-corrected chi connectivity index (χ2v) is 6.68. The molecule has 0 radical (unpaired) electrons. The number of anilines is 1. The van der Waals surface area contributed by atoms with Crippen LogP contribution in [0, 0.1) is 5.41 Å². The Morgan fingerprint density at radius 2 is 1.88 bits per heavy atom. The highest BCUT2D eigenvalue weighted by Crippen LogP contribution is 2.48. The predicted octanol–water partition coefficient (Wildman–Crippen LogP) is 1.27. The standard InChI is InChI=1S/C19H27N3O3/c1-2-22(16-6-4-3-5-7-16)18(24)19(8-9-19)17(23)20-10-11-21-12-14-25-15-13-21/h3-7H,2,8-15H2,1H3,(H,20,23). The van der Waals surface area contributed by atoms with E-state index in [0.29, 0.717) is 25.9 Å². The van der Waals surface area contributed by atoms with Crippen molar-refractivity contribution in [3.05, 3.63) is 30.3 Å². The first-order chi connectivity index (χ1) is 12.2. The predicted molar refractivity (Wildman–Crippen MR) is 96.4 cm³/mol. The van der Waals surface area contributed by atoms with Crippen LogP contribution in [0.4, 0.5) is 5.69 Å². The van der Waals surface area contributed by atoms with E-state index in [1.54, 1.807) is 4.90 Å². The number of nitrogens with zero attached hydrogens (tertiary/aromatic N) is 2. The minimum Gasteiger partial charge on any atom is -0.379 e. The first kappa shape index (κ1) is 17.9. The molecule has 1 aromatic rings. The number of benzene rings is 1. The van der Waals surface area contributed by atoms with E-state index in [9.17, 15) is 9.59 Å². The number of carbonyl (C=O) groups excluding carboxylic acids is 2. The van der Waals surface area contributed by atoms with Gasteiger partial charge in [-0.15, -0.1) is 0 Å². The number of ether oxygens (including phenoxy) is 1. The number of para-hydroxylation sites is 1. The second-order valence-electron chi connectivity index (χ2n) is 6.68. The Hall–Kier alpha value is -1.92. The summed E-state index contributed by atoms with van der Waals surface area (Å²) in [5, 5.41) is 2.98. The van der Waals surface area contributed by atoms with E-state index in [2.05, 4.69) is 10.2 Å². The van der Waals surface area contributed by atoms with Crippen LogP contribution in [0.2, 0.25) is 0 Å². The van der Waals surface area contributed by atoms with Crippen LogP contribution in [0.15, 0.2) is 30.3 Å². The molecule has 1 heterocycles. The Bertz CT molecular complexity index is 595. The van der Waals surface area contributed by atoms with Crippen molar-refractivity contribution in [2.45, 2.75) is 19.8 Å². The van der Waals surface area contributed by atoms with Crippen LogP contribution in [-0.2, 0) is 14.3 Å². The van der Waals surface area contributed by atoms with Gasteiger partial charge in [0.2, 0.25) is 11.8 Å². The number of hydrogen-bond acceptors (Lipinski definition) is 4.